The van der Waals surface area contributed by atoms with Gasteiger partial charge >= 0.3 is 0 Å². The molecule has 0 fully saturated rings. The summed E-state index contributed by atoms with van der Waals surface area (Å²) in [6, 6.07) is 14.3. The van der Waals surface area contributed by atoms with Crippen molar-refractivity contribution in [3.8, 4) is 11.8 Å². The Morgan fingerprint density at radius 1 is 1.18 bits per heavy atom. The Morgan fingerprint density at radius 3 is 2.71 bits per heavy atom. The molecule has 6 nitrogen and oxygen atoms in total. The van der Waals surface area contributed by atoms with Gasteiger partial charge < -0.3 is 15.4 Å². The molecule has 2 amide bonds. The molecule has 0 unspecified atom stereocenters. The van der Waals surface area contributed by atoms with Crippen LogP contribution in [-0.2, 0) is 16.1 Å². The van der Waals surface area contributed by atoms with Gasteiger partial charge in [0.15, 0.2) is 0 Å². The van der Waals surface area contributed by atoms with Crippen molar-refractivity contribution in [2.45, 2.75) is 25.8 Å². The van der Waals surface area contributed by atoms with Crippen LogP contribution in [0.4, 0.5) is 5.69 Å². The van der Waals surface area contributed by atoms with Gasteiger partial charge in [0.1, 0.15) is 12.2 Å². The Hall–Kier alpha value is -2.56. The van der Waals surface area contributed by atoms with Gasteiger partial charge in [0, 0.05) is 23.1 Å². The molecule has 0 saturated heterocycles. The van der Waals surface area contributed by atoms with Crippen LogP contribution in [0.1, 0.15) is 24.8 Å². The lowest BCUT2D eigenvalue weighted by atomic mass is 10.1. The standard InChI is InChI=1S/C20H19BrClN3O3/c21-15-7-8-18(16(22)12-15)28-11-3-6-19(26)24-13-14-4-1-2-5-17(14)25-20(27)9-10-23/h1-2,4-5,7-8,12H,3,6,9,11,13H2,(H,24,26)(H,25,27). The van der Waals surface area contributed by atoms with Crippen molar-refractivity contribution in [1.29, 1.82) is 5.26 Å². The number of ether oxygens (including phenoxy) is 1. The second kappa shape index (κ2) is 11.3. The molecular weight excluding hydrogens is 446 g/mol. The third-order valence-electron chi connectivity index (χ3n) is 3.71. The van der Waals surface area contributed by atoms with E-state index in [4.69, 9.17) is 21.6 Å². The van der Waals surface area contributed by atoms with Crippen LogP contribution in [-0.4, -0.2) is 18.4 Å². The minimum Gasteiger partial charge on any atom is -0.492 e. The highest BCUT2D eigenvalue weighted by Gasteiger charge is 2.08. The average Bonchev–Trinajstić information content (AvgIpc) is 2.66. The third kappa shape index (κ3) is 7.22. The van der Waals surface area contributed by atoms with Crippen molar-refractivity contribution in [2.24, 2.45) is 0 Å². The van der Waals surface area contributed by atoms with E-state index < -0.39 is 0 Å². The van der Waals surface area contributed by atoms with E-state index in [1.807, 2.05) is 12.1 Å². The second-order valence-corrected chi connectivity index (χ2v) is 7.17. The average molecular weight is 465 g/mol. The van der Waals surface area contributed by atoms with E-state index >= 15 is 0 Å². The lowest BCUT2D eigenvalue weighted by Gasteiger charge is -2.11. The van der Waals surface area contributed by atoms with Crippen LogP contribution in [0.25, 0.3) is 0 Å². The predicted molar refractivity (Wildman–Crippen MR) is 111 cm³/mol. The van der Waals surface area contributed by atoms with Crippen molar-refractivity contribution in [3.63, 3.8) is 0 Å². The highest BCUT2D eigenvalue weighted by atomic mass is 79.9. The molecule has 0 aliphatic rings. The fourth-order valence-corrected chi connectivity index (χ4v) is 3.08. The van der Waals surface area contributed by atoms with Crippen LogP contribution >= 0.6 is 27.5 Å². The van der Waals surface area contributed by atoms with Gasteiger partial charge in [-0.05, 0) is 36.2 Å². The second-order valence-electron chi connectivity index (χ2n) is 5.84. The Kier molecular flexibility index (Phi) is 8.79. The van der Waals surface area contributed by atoms with Crippen molar-refractivity contribution in [1.82, 2.24) is 5.32 Å². The number of hydrogen-bond acceptors (Lipinski definition) is 4. The lowest BCUT2D eigenvalue weighted by Crippen LogP contribution is -2.24. The highest BCUT2D eigenvalue weighted by Crippen LogP contribution is 2.27. The Labute approximate surface area is 177 Å². The van der Waals surface area contributed by atoms with E-state index in [1.165, 1.54) is 0 Å². The molecule has 0 radical (unpaired) electrons. The largest absolute Gasteiger partial charge is 0.492 e. The third-order valence-corrected chi connectivity index (χ3v) is 4.50. The number of halogens is 2. The molecule has 0 heterocycles. The van der Waals surface area contributed by atoms with E-state index in [1.54, 1.807) is 36.4 Å². The molecule has 2 aromatic carbocycles. The summed E-state index contributed by atoms with van der Waals surface area (Å²) in [6.07, 6.45) is 0.624. The summed E-state index contributed by atoms with van der Waals surface area (Å²) < 4.78 is 6.45. The number of rotatable bonds is 9. The number of nitrogens with zero attached hydrogens (tertiary/aromatic N) is 1. The zero-order valence-electron chi connectivity index (χ0n) is 15.0. The van der Waals surface area contributed by atoms with E-state index in [0.29, 0.717) is 35.9 Å². The van der Waals surface area contributed by atoms with Crippen LogP contribution in [0.15, 0.2) is 46.9 Å². The first-order valence-electron chi connectivity index (χ1n) is 8.59. The number of benzene rings is 2. The SMILES string of the molecule is N#CCC(=O)Nc1ccccc1CNC(=O)CCCOc1ccc(Br)cc1Cl. The molecule has 8 heteroatoms. The fourth-order valence-electron chi connectivity index (χ4n) is 2.35. The zero-order chi connectivity index (χ0) is 20.4. The lowest BCUT2D eigenvalue weighted by molar-refractivity contribution is -0.121. The molecule has 0 aliphatic heterocycles. The van der Waals surface area contributed by atoms with Crippen LogP contribution in [0, 0.1) is 11.3 Å². The van der Waals surface area contributed by atoms with Crippen LogP contribution in [0.5, 0.6) is 5.75 Å². The molecule has 0 bridgehead atoms. The molecule has 0 saturated carbocycles. The van der Waals surface area contributed by atoms with E-state index in [-0.39, 0.29) is 24.8 Å². The number of nitrogens with one attached hydrogen (secondary N) is 2. The summed E-state index contributed by atoms with van der Waals surface area (Å²) in [6.45, 7) is 0.650. The van der Waals surface area contributed by atoms with Crippen molar-refractivity contribution in [2.75, 3.05) is 11.9 Å². The minimum atomic E-state index is -0.384. The summed E-state index contributed by atoms with van der Waals surface area (Å²) in [5, 5.41) is 14.6. The van der Waals surface area contributed by atoms with E-state index in [2.05, 4.69) is 26.6 Å². The molecule has 2 N–H and O–H groups in total. The van der Waals surface area contributed by atoms with Gasteiger partial charge in [-0.15, -0.1) is 0 Å². The van der Waals surface area contributed by atoms with E-state index in [0.717, 1.165) is 10.0 Å². The monoisotopic (exact) mass is 463 g/mol. The normalized spacial score (nSPS) is 10.0. The quantitative estimate of drug-likeness (QED) is 0.537. The number of carbonyl (C=O) groups is 2. The maximum atomic E-state index is 12.0. The van der Waals surface area contributed by atoms with Crippen LogP contribution in [0.2, 0.25) is 5.02 Å². The summed E-state index contributed by atoms with van der Waals surface area (Å²) in [7, 11) is 0. The maximum Gasteiger partial charge on any atom is 0.238 e. The Balaban J connectivity index is 1.75. The van der Waals surface area contributed by atoms with Crippen LogP contribution < -0.4 is 15.4 Å². The van der Waals surface area contributed by atoms with Crippen molar-refractivity contribution in [3.05, 3.63) is 57.5 Å². The van der Waals surface area contributed by atoms with Crippen molar-refractivity contribution < 1.29 is 14.3 Å². The maximum absolute atomic E-state index is 12.0. The zero-order valence-corrected chi connectivity index (χ0v) is 17.3. The minimum absolute atomic E-state index is 0.122. The van der Waals surface area contributed by atoms with Gasteiger partial charge in [0.05, 0.1) is 17.7 Å². The molecule has 0 atom stereocenters. The van der Waals surface area contributed by atoms with Gasteiger partial charge in [-0.25, -0.2) is 0 Å². The van der Waals surface area contributed by atoms with Crippen LogP contribution in [0.3, 0.4) is 0 Å². The van der Waals surface area contributed by atoms with Gasteiger partial charge in [-0.3, -0.25) is 9.59 Å². The number of carbonyl (C=O) groups excluding carboxylic acids is 2. The summed E-state index contributed by atoms with van der Waals surface area (Å²) in [5.41, 5.74) is 1.34. The molecular formula is C20H19BrClN3O3. The van der Waals surface area contributed by atoms with Gasteiger partial charge in [-0.1, -0.05) is 45.7 Å². The molecule has 0 aliphatic carbocycles. The topological polar surface area (TPSA) is 91.2 Å². The first-order chi connectivity index (χ1) is 13.5. The molecule has 28 heavy (non-hydrogen) atoms. The van der Waals surface area contributed by atoms with Gasteiger partial charge in [0.25, 0.3) is 0 Å². The summed E-state index contributed by atoms with van der Waals surface area (Å²) in [4.78, 5) is 23.6. The number of amides is 2. The molecule has 0 spiro atoms. The fraction of sp³-hybridized carbons (Fsp3) is 0.250. The van der Waals surface area contributed by atoms with Gasteiger partial charge in [0.2, 0.25) is 11.8 Å². The summed E-state index contributed by atoms with van der Waals surface area (Å²) >= 11 is 9.41. The Morgan fingerprint density at radius 2 is 1.96 bits per heavy atom. The number of para-hydroxylation sites is 1. The molecule has 2 aromatic rings. The van der Waals surface area contributed by atoms with Crippen molar-refractivity contribution >= 4 is 45.0 Å². The molecule has 0 aromatic heterocycles. The van der Waals surface area contributed by atoms with Gasteiger partial charge in [-0.2, -0.15) is 5.26 Å². The first-order valence-corrected chi connectivity index (χ1v) is 9.76. The first kappa shape index (κ1) is 21.7. The highest BCUT2D eigenvalue weighted by molar-refractivity contribution is 9.10. The summed E-state index contributed by atoms with van der Waals surface area (Å²) in [5.74, 6) is 0.0704. The molecule has 146 valence electrons. The number of anilines is 1. The van der Waals surface area contributed by atoms with E-state index in [9.17, 15) is 9.59 Å². The smallest absolute Gasteiger partial charge is 0.238 e. The predicted octanol–water partition coefficient (Wildman–Crippen LogP) is 4.43. The number of nitriles is 1. The number of hydrogen-bond donors (Lipinski definition) is 2. The molecule has 2 rings (SSSR count). The Bertz CT molecular complexity index is 883.